The molecule has 0 amide bonds. The summed E-state index contributed by atoms with van der Waals surface area (Å²) >= 11 is 0. The van der Waals surface area contributed by atoms with Gasteiger partial charge in [-0.15, -0.1) is 4.79 Å². The Morgan fingerprint density at radius 1 is 1.19 bits per heavy atom. The zero-order valence-electron chi connectivity index (χ0n) is 7.64. The molecular formula is C8H5F3N2O2S. The van der Waals surface area contributed by atoms with Gasteiger partial charge in [-0.05, 0) is 12.1 Å². The molecule has 1 aromatic carbocycles. The van der Waals surface area contributed by atoms with Crippen LogP contribution >= 0.6 is 0 Å². The van der Waals surface area contributed by atoms with E-state index < -0.39 is 26.0 Å². The van der Waals surface area contributed by atoms with Gasteiger partial charge in [0.25, 0.3) is 9.84 Å². The van der Waals surface area contributed by atoms with E-state index in [1.807, 2.05) is 4.79 Å². The number of hydrogen-bond donors (Lipinski definition) is 0. The van der Waals surface area contributed by atoms with Gasteiger partial charge in [-0.3, -0.25) is 0 Å². The number of rotatable bonds is 1. The molecule has 1 aromatic rings. The molecule has 0 unspecified atom stereocenters. The average molecular weight is 250 g/mol. The molecule has 0 saturated carbocycles. The monoisotopic (exact) mass is 250 g/mol. The number of alkyl halides is 3. The van der Waals surface area contributed by atoms with Crippen molar-refractivity contribution < 1.29 is 26.4 Å². The summed E-state index contributed by atoms with van der Waals surface area (Å²) in [5, 5.41) is -2.23. The van der Waals surface area contributed by atoms with Gasteiger partial charge in [0, 0.05) is 0 Å². The maximum atomic E-state index is 12.2. The Bertz CT molecular complexity index is 530. The van der Waals surface area contributed by atoms with Crippen molar-refractivity contribution in [1.82, 2.24) is 0 Å². The van der Waals surface area contributed by atoms with E-state index in [9.17, 15) is 21.6 Å². The van der Waals surface area contributed by atoms with Crippen LogP contribution in [-0.2, 0) is 9.84 Å². The number of sulfone groups is 1. The van der Waals surface area contributed by atoms with Crippen molar-refractivity contribution in [3.63, 3.8) is 0 Å². The normalized spacial score (nSPS) is 11.9. The highest BCUT2D eigenvalue weighted by Gasteiger charge is 2.54. The third kappa shape index (κ3) is 2.29. The number of nitrogens with zero attached hydrogens (tertiary/aromatic N) is 2. The van der Waals surface area contributed by atoms with Crippen molar-refractivity contribution in [2.24, 2.45) is 0 Å². The first-order chi connectivity index (χ1) is 7.30. The summed E-state index contributed by atoms with van der Waals surface area (Å²) in [4.78, 5) is 1.23. The summed E-state index contributed by atoms with van der Waals surface area (Å²) < 4.78 is 59.5. The highest BCUT2D eigenvalue weighted by atomic mass is 32.2. The molecule has 0 aromatic heterocycles. The minimum Gasteiger partial charge on any atom is -0.360 e. The largest absolute Gasteiger partial charge is 0.507 e. The molecule has 0 aliphatic carbocycles. The second kappa shape index (κ2) is 4.07. The Hall–Kier alpha value is -1.66. The van der Waals surface area contributed by atoms with Gasteiger partial charge in [0.2, 0.25) is 0 Å². The minimum absolute atomic E-state index is 0.583. The lowest BCUT2D eigenvalue weighted by atomic mass is 10.4. The van der Waals surface area contributed by atoms with Gasteiger partial charge >= 0.3 is 11.2 Å². The second-order valence-electron chi connectivity index (χ2n) is 2.72. The van der Waals surface area contributed by atoms with Gasteiger partial charge < -0.3 is 5.53 Å². The predicted molar refractivity (Wildman–Crippen MR) is 48.3 cm³/mol. The quantitative estimate of drug-likeness (QED) is 0.329. The summed E-state index contributed by atoms with van der Waals surface area (Å²) in [7, 11) is -4.83. The summed E-state index contributed by atoms with van der Waals surface area (Å²) in [5.41, 5.74) is 8.15. The fourth-order valence-corrected chi connectivity index (χ4v) is 2.12. The maximum Gasteiger partial charge on any atom is 0.507 e. The molecule has 0 radical (unpaired) electrons. The molecule has 16 heavy (non-hydrogen) atoms. The molecule has 0 spiro atoms. The summed E-state index contributed by atoms with van der Waals surface area (Å²) in [6.45, 7) is 0. The lowest BCUT2D eigenvalue weighted by Gasteiger charge is -2.02. The van der Waals surface area contributed by atoms with Crippen LogP contribution < -0.4 is 0 Å². The standard InChI is InChI=1S/C8H5F3N2O2S/c9-8(10,11)7(13-12)16(14,15)6-4-2-1-3-5-6/h1-5H. The number of benzene rings is 1. The molecule has 0 N–H and O–H groups in total. The predicted octanol–water partition coefficient (Wildman–Crippen LogP) is 1.65. The van der Waals surface area contributed by atoms with Gasteiger partial charge in [-0.2, -0.15) is 13.2 Å². The van der Waals surface area contributed by atoms with Gasteiger partial charge in [0.1, 0.15) is 0 Å². The fourth-order valence-electron chi connectivity index (χ4n) is 0.974. The average Bonchev–Trinajstić information content (AvgIpc) is 2.17. The van der Waals surface area contributed by atoms with Crippen molar-refractivity contribution in [3.05, 3.63) is 35.9 Å². The summed E-state index contributed by atoms with van der Waals surface area (Å²) in [6, 6.07) is 5.93. The van der Waals surface area contributed by atoms with E-state index >= 15 is 0 Å². The smallest absolute Gasteiger partial charge is 0.360 e. The van der Waals surface area contributed by atoms with Crippen molar-refractivity contribution in [3.8, 4) is 0 Å². The van der Waals surface area contributed by atoms with E-state index in [2.05, 4.69) is 0 Å². The third-order valence-corrected chi connectivity index (χ3v) is 3.36. The molecule has 0 fully saturated rings. The van der Waals surface area contributed by atoms with Gasteiger partial charge in [0.05, 0.1) is 4.90 Å². The van der Waals surface area contributed by atoms with Crippen LogP contribution in [0.15, 0.2) is 35.2 Å². The van der Waals surface area contributed by atoms with E-state index in [1.165, 1.54) is 18.2 Å². The lowest BCUT2D eigenvalue weighted by molar-refractivity contribution is -0.106. The zero-order chi connectivity index (χ0) is 12.4. The van der Waals surface area contributed by atoms with Gasteiger partial charge in [-0.1, -0.05) is 18.2 Å². The fraction of sp³-hybridized carbons (Fsp3) is 0.125. The van der Waals surface area contributed by atoms with Crippen LogP contribution in [0.25, 0.3) is 5.53 Å². The Morgan fingerprint density at radius 3 is 2.06 bits per heavy atom. The zero-order valence-corrected chi connectivity index (χ0v) is 8.46. The van der Waals surface area contributed by atoms with Crippen LogP contribution in [0.4, 0.5) is 13.2 Å². The van der Waals surface area contributed by atoms with E-state index in [0.29, 0.717) is 0 Å². The first-order valence-corrected chi connectivity index (χ1v) is 5.38. The molecule has 0 aliphatic rings. The molecule has 0 aliphatic heterocycles. The van der Waals surface area contributed by atoms with Gasteiger partial charge in [-0.25, -0.2) is 8.42 Å². The lowest BCUT2D eigenvalue weighted by Crippen LogP contribution is -2.32. The third-order valence-electron chi connectivity index (χ3n) is 1.64. The van der Waals surface area contributed by atoms with Crippen molar-refractivity contribution in [1.29, 1.82) is 0 Å². The van der Waals surface area contributed by atoms with E-state index in [1.54, 1.807) is 0 Å². The summed E-state index contributed by atoms with van der Waals surface area (Å²) in [5.74, 6) is 0. The minimum atomic E-state index is -5.23. The van der Waals surface area contributed by atoms with Crippen LogP contribution in [0.1, 0.15) is 0 Å². The Labute approximate surface area is 88.9 Å². The number of hydrogen-bond acceptors (Lipinski definition) is 2. The topological polar surface area (TPSA) is 70.5 Å². The Morgan fingerprint density at radius 2 is 1.69 bits per heavy atom. The van der Waals surface area contributed by atoms with Crippen molar-refractivity contribution in [2.75, 3.05) is 0 Å². The molecule has 0 bridgehead atoms. The Kier molecular flexibility index (Phi) is 3.16. The van der Waals surface area contributed by atoms with E-state index in [4.69, 9.17) is 5.53 Å². The van der Waals surface area contributed by atoms with Crippen LogP contribution in [0, 0.1) is 0 Å². The van der Waals surface area contributed by atoms with E-state index in [-0.39, 0.29) is 0 Å². The molecule has 0 heterocycles. The van der Waals surface area contributed by atoms with Crippen LogP contribution in [-0.4, -0.2) is 24.4 Å². The van der Waals surface area contributed by atoms with Crippen molar-refractivity contribution >= 4 is 14.9 Å². The molecule has 4 nitrogen and oxygen atoms in total. The Balaban J connectivity index is 3.40. The molecule has 86 valence electrons. The first kappa shape index (κ1) is 12.4. The van der Waals surface area contributed by atoms with Gasteiger partial charge in [0.15, 0.2) is 0 Å². The van der Waals surface area contributed by atoms with Crippen molar-refractivity contribution in [2.45, 2.75) is 11.1 Å². The maximum absolute atomic E-state index is 12.2. The molecule has 0 atom stereocenters. The molecule has 8 heteroatoms. The number of halogens is 3. The highest BCUT2D eigenvalue weighted by molar-refractivity contribution is 8.06. The van der Waals surface area contributed by atoms with Crippen LogP contribution in [0.5, 0.6) is 0 Å². The molecular weight excluding hydrogens is 245 g/mol. The van der Waals surface area contributed by atoms with Crippen LogP contribution in [0.3, 0.4) is 0 Å². The van der Waals surface area contributed by atoms with Crippen LogP contribution in [0.2, 0.25) is 0 Å². The SMILES string of the molecule is [N-]=[N+]=C(C(F)(F)F)S(=O)(=O)c1ccccc1. The summed E-state index contributed by atoms with van der Waals surface area (Å²) in [6.07, 6.45) is -5.23. The first-order valence-electron chi connectivity index (χ1n) is 3.89. The van der Waals surface area contributed by atoms with E-state index in [0.717, 1.165) is 12.1 Å². The second-order valence-corrected chi connectivity index (χ2v) is 4.58. The molecule has 0 saturated heterocycles. The molecule has 1 rings (SSSR count). The highest BCUT2D eigenvalue weighted by Crippen LogP contribution is 2.23.